The Hall–Kier alpha value is -4.56. The van der Waals surface area contributed by atoms with Crippen molar-refractivity contribution in [2.24, 2.45) is 0 Å². The summed E-state index contributed by atoms with van der Waals surface area (Å²) in [6.45, 7) is 6.89. The Morgan fingerprint density at radius 2 is 1.71 bits per heavy atom. The summed E-state index contributed by atoms with van der Waals surface area (Å²) in [5, 5.41) is 5.31. The number of hydrogen-bond acceptors (Lipinski definition) is 6. The molecule has 0 saturated carbocycles. The highest BCUT2D eigenvalue weighted by Gasteiger charge is 2.25. The molecule has 6 rings (SSSR count). The van der Waals surface area contributed by atoms with Gasteiger partial charge in [0, 0.05) is 35.7 Å². The van der Waals surface area contributed by atoms with Gasteiger partial charge in [0.1, 0.15) is 0 Å². The minimum atomic E-state index is -0.591. The van der Waals surface area contributed by atoms with E-state index in [2.05, 4.69) is 4.57 Å². The number of pyridine rings is 1. The lowest BCUT2D eigenvalue weighted by molar-refractivity contribution is 0.0476. The number of ether oxygens (including phenoxy) is 2. The molecule has 0 N–H and O–H groups in total. The average Bonchev–Trinajstić information content (AvgIpc) is 3.71. The number of rotatable bonds is 8. The predicted molar refractivity (Wildman–Crippen MR) is 157 cm³/mol. The van der Waals surface area contributed by atoms with Crippen LogP contribution < -0.4 is 0 Å². The van der Waals surface area contributed by atoms with Gasteiger partial charge in [-0.2, -0.15) is 5.10 Å². The minimum absolute atomic E-state index is 0.161. The van der Waals surface area contributed by atoms with E-state index in [1.807, 2.05) is 87.5 Å². The lowest BCUT2D eigenvalue weighted by atomic mass is 10.1. The monoisotopic (exact) mass is 548 g/mol. The van der Waals surface area contributed by atoms with Crippen molar-refractivity contribution in [1.82, 2.24) is 19.3 Å². The molecule has 1 aliphatic rings. The molecule has 3 aromatic heterocycles. The Labute approximate surface area is 238 Å². The minimum Gasteiger partial charge on any atom is -0.454 e. The first-order chi connectivity index (χ1) is 19.9. The number of aryl methyl sites for hydroxylation is 2. The zero-order valence-corrected chi connectivity index (χ0v) is 23.5. The third kappa shape index (κ3) is 5.18. The maximum atomic E-state index is 13.6. The number of hydrogen-bond donors (Lipinski definition) is 0. The quantitative estimate of drug-likeness (QED) is 0.174. The zero-order valence-electron chi connectivity index (χ0n) is 23.5. The van der Waals surface area contributed by atoms with E-state index in [1.165, 1.54) is 0 Å². The second kappa shape index (κ2) is 11.1. The van der Waals surface area contributed by atoms with Crippen molar-refractivity contribution in [2.45, 2.75) is 46.3 Å². The summed E-state index contributed by atoms with van der Waals surface area (Å²) in [7, 11) is 0. The maximum absolute atomic E-state index is 13.6. The van der Waals surface area contributed by atoms with E-state index in [0.29, 0.717) is 40.1 Å². The maximum Gasteiger partial charge on any atom is 0.339 e. The number of para-hydroxylation sites is 1. The van der Waals surface area contributed by atoms with Gasteiger partial charge < -0.3 is 14.0 Å². The van der Waals surface area contributed by atoms with Gasteiger partial charge in [0.25, 0.3) is 0 Å². The van der Waals surface area contributed by atoms with Gasteiger partial charge in [-0.25, -0.2) is 14.5 Å². The van der Waals surface area contributed by atoms with Gasteiger partial charge in [-0.15, -0.1) is 0 Å². The number of fused-ring (bicyclic) bond motifs is 1. The highest BCUT2D eigenvalue weighted by molar-refractivity contribution is 6.07. The molecule has 1 fully saturated rings. The van der Waals surface area contributed by atoms with Gasteiger partial charge in [0.15, 0.2) is 12.3 Å². The highest BCUT2D eigenvalue weighted by Crippen LogP contribution is 2.29. The van der Waals surface area contributed by atoms with Crippen LogP contribution in [-0.4, -0.2) is 50.4 Å². The molecule has 208 valence electrons. The number of Topliss-reactive ketones (excluding diaryl/α,β-unsaturated/α-hetero) is 1. The summed E-state index contributed by atoms with van der Waals surface area (Å²) in [4.78, 5) is 31.8. The average molecular weight is 549 g/mol. The van der Waals surface area contributed by atoms with Crippen LogP contribution in [0.4, 0.5) is 0 Å². The van der Waals surface area contributed by atoms with Crippen molar-refractivity contribution < 1.29 is 19.1 Å². The predicted octanol–water partition coefficient (Wildman–Crippen LogP) is 6.03. The van der Waals surface area contributed by atoms with E-state index in [-0.39, 0.29) is 18.5 Å². The summed E-state index contributed by atoms with van der Waals surface area (Å²) in [6.07, 6.45) is 2.24. The molecule has 1 unspecified atom stereocenters. The van der Waals surface area contributed by atoms with Crippen LogP contribution in [0.2, 0.25) is 0 Å². The Balaban J connectivity index is 1.31. The van der Waals surface area contributed by atoms with E-state index < -0.39 is 5.97 Å². The molecule has 0 bridgehead atoms. The molecule has 0 spiro atoms. The van der Waals surface area contributed by atoms with Gasteiger partial charge in [-0.05, 0) is 57.9 Å². The molecule has 4 heterocycles. The fourth-order valence-electron chi connectivity index (χ4n) is 5.60. The number of aromatic nitrogens is 4. The molecule has 0 amide bonds. The van der Waals surface area contributed by atoms with E-state index in [4.69, 9.17) is 19.6 Å². The van der Waals surface area contributed by atoms with Crippen LogP contribution >= 0.6 is 0 Å². The highest BCUT2D eigenvalue weighted by atomic mass is 16.5. The molecule has 0 radical (unpaired) electrons. The van der Waals surface area contributed by atoms with Crippen molar-refractivity contribution in [3.63, 3.8) is 0 Å². The first-order valence-electron chi connectivity index (χ1n) is 13.9. The number of carbonyl (C=O) groups is 2. The number of benzene rings is 2. The topological polar surface area (TPSA) is 88.2 Å². The van der Waals surface area contributed by atoms with Gasteiger partial charge in [-0.3, -0.25) is 4.79 Å². The first kappa shape index (κ1) is 26.7. The normalized spacial score (nSPS) is 15.0. The summed E-state index contributed by atoms with van der Waals surface area (Å²) < 4.78 is 15.3. The Bertz CT molecular complexity index is 1730. The molecule has 1 aliphatic heterocycles. The second-order valence-electron chi connectivity index (χ2n) is 10.5. The molecule has 8 nitrogen and oxygen atoms in total. The molecule has 8 heteroatoms. The molecular weight excluding hydrogens is 516 g/mol. The van der Waals surface area contributed by atoms with Crippen molar-refractivity contribution in [2.75, 3.05) is 13.2 Å². The van der Waals surface area contributed by atoms with E-state index in [0.717, 1.165) is 42.1 Å². The molecule has 41 heavy (non-hydrogen) atoms. The van der Waals surface area contributed by atoms with Crippen LogP contribution in [0.15, 0.2) is 72.8 Å². The summed E-state index contributed by atoms with van der Waals surface area (Å²) in [5.74, 6) is -0.831. The third-order valence-electron chi connectivity index (χ3n) is 7.72. The second-order valence-corrected chi connectivity index (χ2v) is 10.5. The Morgan fingerprint density at radius 3 is 2.41 bits per heavy atom. The standard InChI is InChI=1S/C33H32N4O4/c1-21-17-27(23(3)36(21)19-26-15-10-16-40-26)30(38)20-41-33(39)28-18-29(24-11-6-4-7-12-24)34-32-31(28)22(2)35-37(32)25-13-8-5-9-14-25/h4-9,11-14,17-18,26H,10,15-16,19-20H2,1-3H3. The lowest BCUT2D eigenvalue weighted by Gasteiger charge is -2.14. The van der Waals surface area contributed by atoms with Gasteiger partial charge in [0.05, 0.1) is 34.1 Å². The largest absolute Gasteiger partial charge is 0.454 e. The van der Waals surface area contributed by atoms with Crippen molar-refractivity contribution in [1.29, 1.82) is 0 Å². The number of ketones is 1. The fourth-order valence-corrected chi connectivity index (χ4v) is 5.60. The van der Waals surface area contributed by atoms with Crippen LogP contribution in [0.3, 0.4) is 0 Å². The summed E-state index contributed by atoms with van der Waals surface area (Å²) in [5.41, 5.74) is 6.23. The van der Waals surface area contributed by atoms with E-state index >= 15 is 0 Å². The molecule has 1 saturated heterocycles. The summed E-state index contributed by atoms with van der Waals surface area (Å²) in [6, 6.07) is 22.9. The molecular formula is C33H32N4O4. The van der Waals surface area contributed by atoms with Crippen LogP contribution in [0.25, 0.3) is 28.0 Å². The lowest BCUT2D eigenvalue weighted by Crippen LogP contribution is -2.18. The van der Waals surface area contributed by atoms with Gasteiger partial charge in [0.2, 0.25) is 5.78 Å². The molecule has 1 atom stereocenters. The SMILES string of the molecule is Cc1nn(-c2ccccc2)c2nc(-c3ccccc3)cc(C(=O)OCC(=O)c3cc(C)n(CC4CCCO4)c3C)c12. The Morgan fingerprint density at radius 1 is 0.976 bits per heavy atom. The van der Waals surface area contributed by atoms with Crippen LogP contribution in [-0.2, 0) is 16.0 Å². The number of carbonyl (C=O) groups excluding carboxylic acids is 2. The number of esters is 1. The first-order valence-corrected chi connectivity index (χ1v) is 13.9. The van der Waals surface area contributed by atoms with E-state index in [1.54, 1.807) is 10.7 Å². The van der Waals surface area contributed by atoms with E-state index in [9.17, 15) is 9.59 Å². The van der Waals surface area contributed by atoms with Gasteiger partial charge >= 0.3 is 5.97 Å². The molecule has 2 aromatic carbocycles. The van der Waals surface area contributed by atoms with Crippen LogP contribution in [0.5, 0.6) is 0 Å². The Kier molecular flexibility index (Phi) is 7.24. The summed E-state index contributed by atoms with van der Waals surface area (Å²) >= 11 is 0. The smallest absolute Gasteiger partial charge is 0.339 e. The number of nitrogens with zero attached hydrogens (tertiary/aromatic N) is 4. The molecule has 5 aromatic rings. The van der Waals surface area contributed by atoms with Crippen molar-refractivity contribution in [3.8, 4) is 16.9 Å². The van der Waals surface area contributed by atoms with Crippen molar-refractivity contribution in [3.05, 3.63) is 101 Å². The van der Waals surface area contributed by atoms with Gasteiger partial charge in [-0.1, -0.05) is 48.5 Å². The zero-order chi connectivity index (χ0) is 28.5. The van der Waals surface area contributed by atoms with Crippen LogP contribution in [0, 0.1) is 20.8 Å². The fraction of sp³-hybridized carbons (Fsp3) is 0.273. The third-order valence-corrected chi connectivity index (χ3v) is 7.72. The molecule has 0 aliphatic carbocycles. The van der Waals surface area contributed by atoms with Crippen molar-refractivity contribution >= 4 is 22.8 Å². The van der Waals surface area contributed by atoms with Crippen LogP contribution in [0.1, 0.15) is 50.6 Å².